The molecule has 0 saturated heterocycles. The first kappa shape index (κ1) is 14.3. The molecular weight excluding hydrogens is 282 g/mol. The molecule has 0 spiro atoms. The molecule has 0 saturated carbocycles. The minimum atomic E-state index is -0.0587. The van der Waals surface area contributed by atoms with Crippen molar-refractivity contribution in [2.24, 2.45) is 0 Å². The van der Waals surface area contributed by atoms with E-state index in [0.29, 0.717) is 18.8 Å². The number of ether oxygens (including phenoxy) is 2. The minimum Gasteiger partial charge on any atom is -0.467 e. The summed E-state index contributed by atoms with van der Waals surface area (Å²) in [6, 6.07) is 9.26. The standard InChI is InChI=1S/C17H17NO4/c1-2-18(11-14-4-3-9-20-14)17(19)8-6-13-5-7-15-16(10-13)22-12-21-15/h3-10H,2,11-12H2,1H3/b8-6+. The first-order valence-electron chi connectivity index (χ1n) is 7.15. The van der Waals surface area contributed by atoms with Crippen LogP contribution in [0.4, 0.5) is 0 Å². The van der Waals surface area contributed by atoms with Crippen LogP contribution in [0.5, 0.6) is 11.5 Å². The lowest BCUT2D eigenvalue weighted by Gasteiger charge is -2.17. The molecule has 2 heterocycles. The first-order valence-corrected chi connectivity index (χ1v) is 7.15. The number of benzene rings is 1. The van der Waals surface area contributed by atoms with Crippen LogP contribution in [0.2, 0.25) is 0 Å². The number of hydrogen-bond donors (Lipinski definition) is 0. The van der Waals surface area contributed by atoms with Gasteiger partial charge >= 0.3 is 0 Å². The Hall–Kier alpha value is -2.69. The van der Waals surface area contributed by atoms with E-state index in [1.807, 2.05) is 37.3 Å². The quantitative estimate of drug-likeness (QED) is 0.796. The molecule has 3 rings (SSSR count). The van der Waals surface area contributed by atoms with E-state index in [4.69, 9.17) is 13.9 Å². The Kier molecular flexibility index (Phi) is 4.14. The van der Waals surface area contributed by atoms with Crippen molar-refractivity contribution in [1.29, 1.82) is 0 Å². The third-order valence-electron chi connectivity index (χ3n) is 3.44. The van der Waals surface area contributed by atoms with E-state index in [1.165, 1.54) is 0 Å². The molecule has 0 fully saturated rings. The van der Waals surface area contributed by atoms with E-state index in [2.05, 4.69) is 0 Å². The predicted molar refractivity (Wildman–Crippen MR) is 81.4 cm³/mol. The van der Waals surface area contributed by atoms with Gasteiger partial charge < -0.3 is 18.8 Å². The van der Waals surface area contributed by atoms with Crippen LogP contribution in [-0.2, 0) is 11.3 Å². The highest BCUT2D eigenvalue weighted by atomic mass is 16.7. The highest BCUT2D eigenvalue weighted by Gasteiger charge is 2.13. The van der Waals surface area contributed by atoms with Crippen molar-refractivity contribution in [2.75, 3.05) is 13.3 Å². The van der Waals surface area contributed by atoms with E-state index in [-0.39, 0.29) is 12.7 Å². The Morgan fingerprint density at radius 2 is 2.14 bits per heavy atom. The normalized spacial score (nSPS) is 12.8. The molecule has 22 heavy (non-hydrogen) atoms. The Morgan fingerprint density at radius 1 is 1.27 bits per heavy atom. The number of nitrogens with zero attached hydrogens (tertiary/aromatic N) is 1. The number of furan rings is 1. The average Bonchev–Trinajstić information content (AvgIpc) is 3.20. The summed E-state index contributed by atoms with van der Waals surface area (Å²) in [5, 5.41) is 0. The van der Waals surface area contributed by atoms with E-state index < -0.39 is 0 Å². The van der Waals surface area contributed by atoms with Gasteiger partial charge in [0.05, 0.1) is 12.8 Å². The maximum atomic E-state index is 12.2. The number of amides is 1. The zero-order valence-electron chi connectivity index (χ0n) is 12.3. The second-order valence-corrected chi connectivity index (χ2v) is 4.88. The van der Waals surface area contributed by atoms with Gasteiger partial charge in [-0.25, -0.2) is 0 Å². The Labute approximate surface area is 128 Å². The maximum absolute atomic E-state index is 12.2. The molecule has 5 heteroatoms. The van der Waals surface area contributed by atoms with Gasteiger partial charge in [0.1, 0.15) is 5.76 Å². The number of carbonyl (C=O) groups is 1. The van der Waals surface area contributed by atoms with Gasteiger partial charge in [-0.1, -0.05) is 6.07 Å². The molecule has 0 bridgehead atoms. The van der Waals surface area contributed by atoms with Crippen LogP contribution in [0.15, 0.2) is 47.1 Å². The van der Waals surface area contributed by atoms with Gasteiger partial charge in [0.25, 0.3) is 0 Å². The first-order chi connectivity index (χ1) is 10.8. The summed E-state index contributed by atoms with van der Waals surface area (Å²) >= 11 is 0. The molecule has 0 unspecified atom stereocenters. The Morgan fingerprint density at radius 3 is 2.91 bits per heavy atom. The van der Waals surface area contributed by atoms with Gasteiger partial charge in [-0.05, 0) is 42.8 Å². The number of carbonyl (C=O) groups excluding carboxylic acids is 1. The molecule has 0 N–H and O–H groups in total. The minimum absolute atomic E-state index is 0.0587. The van der Waals surface area contributed by atoms with Gasteiger partial charge in [0, 0.05) is 12.6 Å². The van der Waals surface area contributed by atoms with Crippen molar-refractivity contribution >= 4 is 12.0 Å². The highest BCUT2D eigenvalue weighted by molar-refractivity contribution is 5.91. The monoisotopic (exact) mass is 299 g/mol. The second-order valence-electron chi connectivity index (χ2n) is 4.88. The van der Waals surface area contributed by atoms with Crippen molar-refractivity contribution in [1.82, 2.24) is 4.90 Å². The van der Waals surface area contributed by atoms with Gasteiger partial charge in [0.2, 0.25) is 12.7 Å². The molecular formula is C17H17NO4. The van der Waals surface area contributed by atoms with Crippen molar-refractivity contribution in [2.45, 2.75) is 13.5 Å². The van der Waals surface area contributed by atoms with Crippen molar-refractivity contribution < 1.29 is 18.7 Å². The topological polar surface area (TPSA) is 51.9 Å². The van der Waals surface area contributed by atoms with Crippen molar-refractivity contribution in [3.8, 4) is 11.5 Å². The zero-order valence-corrected chi connectivity index (χ0v) is 12.3. The number of rotatable bonds is 5. The third kappa shape index (κ3) is 3.14. The van der Waals surface area contributed by atoms with E-state index in [1.54, 1.807) is 23.3 Å². The number of likely N-dealkylation sites (N-methyl/N-ethyl adjacent to an activating group) is 1. The summed E-state index contributed by atoms with van der Waals surface area (Å²) in [6.45, 7) is 3.27. The maximum Gasteiger partial charge on any atom is 0.246 e. The van der Waals surface area contributed by atoms with Crippen LogP contribution in [0, 0.1) is 0 Å². The lowest BCUT2D eigenvalue weighted by atomic mass is 10.2. The summed E-state index contributed by atoms with van der Waals surface area (Å²) in [5.74, 6) is 2.15. The number of hydrogen-bond acceptors (Lipinski definition) is 4. The summed E-state index contributed by atoms with van der Waals surface area (Å²) < 4.78 is 15.9. The van der Waals surface area contributed by atoms with Crippen LogP contribution < -0.4 is 9.47 Å². The molecule has 0 atom stereocenters. The predicted octanol–water partition coefficient (Wildman–Crippen LogP) is 3.07. The van der Waals surface area contributed by atoms with Crippen molar-refractivity contribution in [3.05, 3.63) is 54.0 Å². The molecule has 5 nitrogen and oxygen atoms in total. The fourth-order valence-corrected chi connectivity index (χ4v) is 2.23. The second kappa shape index (κ2) is 6.39. The lowest BCUT2D eigenvalue weighted by Crippen LogP contribution is -2.28. The molecule has 2 aromatic rings. The molecule has 0 aliphatic carbocycles. The molecule has 114 valence electrons. The van der Waals surface area contributed by atoms with Crippen LogP contribution in [0.3, 0.4) is 0 Å². The SMILES string of the molecule is CCN(Cc1ccco1)C(=O)/C=C/c1ccc2c(c1)OCO2. The molecule has 1 aliphatic rings. The Balaban J connectivity index is 1.66. The molecule has 1 amide bonds. The summed E-state index contributed by atoms with van der Waals surface area (Å²) in [7, 11) is 0. The van der Waals surface area contributed by atoms with Gasteiger partial charge in [-0.15, -0.1) is 0 Å². The van der Waals surface area contributed by atoms with Crippen LogP contribution in [0.1, 0.15) is 18.2 Å². The van der Waals surface area contributed by atoms with E-state index >= 15 is 0 Å². The molecule has 1 aliphatic heterocycles. The van der Waals surface area contributed by atoms with Gasteiger partial charge in [0.15, 0.2) is 11.5 Å². The van der Waals surface area contributed by atoms with Gasteiger partial charge in [-0.3, -0.25) is 4.79 Å². The van der Waals surface area contributed by atoms with E-state index in [0.717, 1.165) is 17.1 Å². The smallest absolute Gasteiger partial charge is 0.246 e. The molecule has 0 radical (unpaired) electrons. The number of fused-ring (bicyclic) bond motifs is 1. The zero-order chi connectivity index (χ0) is 15.4. The lowest BCUT2D eigenvalue weighted by molar-refractivity contribution is -0.126. The Bertz CT molecular complexity index is 676. The largest absolute Gasteiger partial charge is 0.467 e. The van der Waals surface area contributed by atoms with E-state index in [9.17, 15) is 4.79 Å². The van der Waals surface area contributed by atoms with Crippen LogP contribution in [-0.4, -0.2) is 24.1 Å². The van der Waals surface area contributed by atoms with Gasteiger partial charge in [-0.2, -0.15) is 0 Å². The van der Waals surface area contributed by atoms with Crippen LogP contribution >= 0.6 is 0 Å². The average molecular weight is 299 g/mol. The fraction of sp³-hybridized carbons (Fsp3) is 0.235. The summed E-state index contributed by atoms with van der Waals surface area (Å²) in [4.78, 5) is 14.0. The fourth-order valence-electron chi connectivity index (χ4n) is 2.23. The third-order valence-corrected chi connectivity index (χ3v) is 3.44. The molecule has 1 aromatic heterocycles. The summed E-state index contributed by atoms with van der Waals surface area (Å²) in [6.07, 6.45) is 4.94. The van der Waals surface area contributed by atoms with Crippen molar-refractivity contribution in [3.63, 3.8) is 0 Å². The summed E-state index contributed by atoms with van der Waals surface area (Å²) in [5.41, 5.74) is 0.895. The highest BCUT2D eigenvalue weighted by Crippen LogP contribution is 2.32. The molecule has 1 aromatic carbocycles. The van der Waals surface area contributed by atoms with Crippen LogP contribution in [0.25, 0.3) is 6.08 Å².